The fraction of sp³-hybridized carbons (Fsp3) is 0.419. The summed E-state index contributed by atoms with van der Waals surface area (Å²) in [4.78, 5) is 53.2. The monoisotopic (exact) mass is 582 g/mol. The number of phenolic OH excluding ortho intramolecular Hbond substituents is 1. The minimum absolute atomic E-state index is 0.0182. The van der Waals surface area contributed by atoms with Crippen LogP contribution in [0.1, 0.15) is 44.7 Å². The molecule has 1 aliphatic rings. The van der Waals surface area contributed by atoms with E-state index in [0.29, 0.717) is 12.1 Å². The van der Waals surface area contributed by atoms with Crippen molar-refractivity contribution in [3.63, 3.8) is 0 Å². The third kappa shape index (κ3) is 10.2. The molecule has 1 unspecified atom stereocenters. The first-order valence-corrected chi connectivity index (χ1v) is 13.8. The van der Waals surface area contributed by atoms with Gasteiger partial charge in [0.05, 0.1) is 5.92 Å². The second kappa shape index (κ2) is 14.5. The van der Waals surface area contributed by atoms with E-state index in [1.807, 2.05) is 30.3 Å². The highest BCUT2D eigenvalue weighted by Crippen LogP contribution is 2.21. The number of amides is 4. The van der Waals surface area contributed by atoms with E-state index in [1.165, 1.54) is 17.0 Å². The highest BCUT2D eigenvalue weighted by Gasteiger charge is 2.35. The number of alkyl carbamates (subject to hydrolysis) is 1. The van der Waals surface area contributed by atoms with Crippen LogP contribution in [0.4, 0.5) is 9.18 Å². The molecule has 0 radical (unpaired) electrons. The Hall–Kier alpha value is -4.41. The minimum atomic E-state index is -1.14. The van der Waals surface area contributed by atoms with Crippen molar-refractivity contribution in [3.05, 3.63) is 78.1 Å². The highest BCUT2D eigenvalue weighted by atomic mass is 19.1. The molecule has 0 aromatic heterocycles. The molecule has 4 amide bonds. The Morgan fingerprint density at radius 2 is 1.86 bits per heavy atom. The molecule has 1 fully saturated rings. The highest BCUT2D eigenvalue weighted by molar-refractivity contribution is 5.90. The fourth-order valence-corrected chi connectivity index (χ4v) is 4.70. The van der Waals surface area contributed by atoms with E-state index in [4.69, 9.17) is 4.74 Å². The Morgan fingerprint density at radius 3 is 2.50 bits per heavy atom. The summed E-state index contributed by atoms with van der Waals surface area (Å²) in [6.07, 6.45) is 0.729. The summed E-state index contributed by atoms with van der Waals surface area (Å²) in [6, 6.07) is 10.8. The second-order valence-corrected chi connectivity index (χ2v) is 11.4. The molecule has 10 nitrogen and oxygen atoms in total. The van der Waals surface area contributed by atoms with Crippen LogP contribution < -0.4 is 16.0 Å². The normalized spacial score (nSPS) is 16.3. The molecular weight excluding hydrogens is 543 g/mol. The molecule has 3 rings (SSSR count). The van der Waals surface area contributed by atoms with Crippen LogP contribution in [0.25, 0.3) is 0 Å². The number of likely N-dealkylation sites (tertiary alicyclic amines) is 1. The zero-order valence-electron chi connectivity index (χ0n) is 24.2. The van der Waals surface area contributed by atoms with Gasteiger partial charge >= 0.3 is 6.09 Å². The number of nitrogens with one attached hydrogen (secondary N) is 3. The van der Waals surface area contributed by atoms with Crippen molar-refractivity contribution in [1.82, 2.24) is 20.9 Å². The van der Waals surface area contributed by atoms with Gasteiger partial charge in [0.2, 0.25) is 17.7 Å². The maximum atomic E-state index is 14.1. The van der Waals surface area contributed by atoms with Crippen molar-refractivity contribution in [2.45, 2.75) is 64.3 Å². The average molecular weight is 583 g/mol. The second-order valence-electron chi connectivity index (χ2n) is 11.4. The molecule has 42 heavy (non-hydrogen) atoms. The molecule has 11 heteroatoms. The van der Waals surface area contributed by atoms with Gasteiger partial charge in [0.15, 0.2) is 0 Å². The lowest BCUT2D eigenvalue weighted by Gasteiger charge is -2.27. The van der Waals surface area contributed by atoms with Crippen LogP contribution in [-0.4, -0.2) is 64.6 Å². The third-order valence-electron chi connectivity index (χ3n) is 6.54. The standard InChI is InChI=1S/C31H39FN4O6/c1-5-11-36-19-22(15-27(36)38)28(39)34-24(13-21-12-23(32)16-25(37)14-21)17-26(35-30(41)42-31(2,3)4)29(40)33-18-20-9-7-6-8-10-20/h5-10,12,14,16,22,24,26,37H,1,11,13,15,17-19H2,2-4H3,(H,33,40)(H,34,39)(H,35,41)/t22?,24-,26-/m0/s1. The number of hydrogen-bond acceptors (Lipinski definition) is 6. The van der Waals surface area contributed by atoms with Gasteiger partial charge in [-0.25, -0.2) is 9.18 Å². The van der Waals surface area contributed by atoms with E-state index in [1.54, 1.807) is 26.8 Å². The maximum absolute atomic E-state index is 14.1. The summed E-state index contributed by atoms with van der Waals surface area (Å²) >= 11 is 0. The molecule has 1 saturated heterocycles. The van der Waals surface area contributed by atoms with Crippen LogP contribution >= 0.6 is 0 Å². The molecule has 0 spiro atoms. The SMILES string of the molecule is C=CCN1CC(C(=O)N[C@@H](Cc2cc(O)cc(F)c2)C[C@H](NC(=O)OC(C)(C)C)C(=O)NCc2ccccc2)CC1=O. The molecular formula is C31H39FN4O6. The van der Waals surface area contributed by atoms with Gasteiger partial charge < -0.3 is 30.7 Å². The average Bonchev–Trinajstić information content (AvgIpc) is 3.26. The number of hydrogen-bond donors (Lipinski definition) is 4. The Kier molecular flexibility index (Phi) is 11.1. The summed E-state index contributed by atoms with van der Waals surface area (Å²) in [5.41, 5.74) is 0.389. The molecule has 4 N–H and O–H groups in total. The molecule has 0 aliphatic carbocycles. The van der Waals surface area contributed by atoms with Gasteiger partial charge in [-0.1, -0.05) is 36.4 Å². The van der Waals surface area contributed by atoms with Crippen LogP contribution in [-0.2, 0) is 32.1 Å². The quantitative estimate of drug-likeness (QED) is 0.284. The predicted molar refractivity (Wildman–Crippen MR) is 155 cm³/mol. The zero-order chi connectivity index (χ0) is 30.9. The topological polar surface area (TPSA) is 137 Å². The zero-order valence-corrected chi connectivity index (χ0v) is 24.2. The van der Waals surface area contributed by atoms with Gasteiger partial charge in [0.1, 0.15) is 23.2 Å². The van der Waals surface area contributed by atoms with Crippen molar-refractivity contribution >= 4 is 23.8 Å². The number of carbonyl (C=O) groups excluding carboxylic acids is 4. The van der Waals surface area contributed by atoms with Gasteiger partial charge in [-0.2, -0.15) is 0 Å². The van der Waals surface area contributed by atoms with E-state index in [2.05, 4.69) is 22.5 Å². The fourth-order valence-electron chi connectivity index (χ4n) is 4.70. The van der Waals surface area contributed by atoms with E-state index >= 15 is 0 Å². The number of ether oxygens (including phenoxy) is 1. The van der Waals surface area contributed by atoms with E-state index in [9.17, 15) is 28.7 Å². The first-order chi connectivity index (χ1) is 19.8. The smallest absolute Gasteiger partial charge is 0.408 e. The van der Waals surface area contributed by atoms with E-state index in [0.717, 1.165) is 11.6 Å². The third-order valence-corrected chi connectivity index (χ3v) is 6.54. The molecule has 0 saturated carbocycles. The first-order valence-electron chi connectivity index (χ1n) is 13.8. The maximum Gasteiger partial charge on any atom is 0.408 e. The molecule has 0 bridgehead atoms. The molecule has 3 atom stereocenters. The van der Waals surface area contributed by atoms with Gasteiger partial charge in [0, 0.05) is 38.2 Å². The largest absolute Gasteiger partial charge is 0.508 e. The number of aromatic hydroxyl groups is 1. The summed E-state index contributed by atoms with van der Waals surface area (Å²) in [7, 11) is 0. The molecule has 2 aromatic rings. The van der Waals surface area contributed by atoms with Crippen molar-refractivity contribution < 1.29 is 33.4 Å². The Morgan fingerprint density at radius 1 is 1.14 bits per heavy atom. The number of phenols is 1. The molecule has 1 heterocycles. The predicted octanol–water partition coefficient (Wildman–Crippen LogP) is 3.19. The Balaban J connectivity index is 1.83. The molecule has 2 aromatic carbocycles. The van der Waals surface area contributed by atoms with Crippen LogP contribution in [0.3, 0.4) is 0 Å². The van der Waals surface area contributed by atoms with Gasteiger partial charge in [-0.15, -0.1) is 6.58 Å². The lowest BCUT2D eigenvalue weighted by molar-refractivity contribution is -0.129. The number of benzene rings is 2. The van der Waals surface area contributed by atoms with Crippen molar-refractivity contribution in [2.75, 3.05) is 13.1 Å². The summed E-state index contributed by atoms with van der Waals surface area (Å²) in [6.45, 7) is 9.43. The number of halogens is 1. The summed E-state index contributed by atoms with van der Waals surface area (Å²) in [5, 5.41) is 18.2. The van der Waals surface area contributed by atoms with Crippen LogP contribution in [0.15, 0.2) is 61.2 Å². The van der Waals surface area contributed by atoms with Crippen LogP contribution in [0.2, 0.25) is 0 Å². The number of rotatable bonds is 12. The van der Waals surface area contributed by atoms with E-state index in [-0.39, 0.29) is 44.0 Å². The van der Waals surface area contributed by atoms with Gasteiger partial charge in [-0.3, -0.25) is 14.4 Å². The van der Waals surface area contributed by atoms with Crippen molar-refractivity contribution in [1.29, 1.82) is 0 Å². The molecule has 1 aliphatic heterocycles. The number of carbonyl (C=O) groups is 4. The van der Waals surface area contributed by atoms with Crippen LogP contribution in [0, 0.1) is 11.7 Å². The lowest BCUT2D eigenvalue weighted by atomic mass is 9.97. The lowest BCUT2D eigenvalue weighted by Crippen LogP contribution is -2.52. The number of nitrogens with zero attached hydrogens (tertiary/aromatic N) is 1. The summed E-state index contributed by atoms with van der Waals surface area (Å²) < 4.78 is 19.5. The van der Waals surface area contributed by atoms with E-state index < -0.39 is 47.3 Å². The molecule has 226 valence electrons. The Bertz CT molecular complexity index is 1260. The van der Waals surface area contributed by atoms with Crippen molar-refractivity contribution in [3.8, 4) is 5.75 Å². The Labute approximate surface area is 245 Å². The summed E-state index contributed by atoms with van der Waals surface area (Å²) in [5.74, 6) is -2.70. The van der Waals surface area contributed by atoms with Gasteiger partial charge in [-0.05, 0) is 56.9 Å². The van der Waals surface area contributed by atoms with Crippen molar-refractivity contribution in [2.24, 2.45) is 5.92 Å². The minimum Gasteiger partial charge on any atom is -0.508 e. The van der Waals surface area contributed by atoms with Gasteiger partial charge in [0.25, 0.3) is 0 Å². The first kappa shape index (κ1) is 32.1. The van der Waals surface area contributed by atoms with Crippen LogP contribution in [0.5, 0.6) is 5.75 Å².